The Morgan fingerprint density at radius 1 is 1.33 bits per heavy atom. The second kappa shape index (κ2) is 8.86. The molecule has 0 radical (unpaired) electrons. The zero-order chi connectivity index (χ0) is 20.2. The highest BCUT2D eigenvalue weighted by molar-refractivity contribution is 8.00. The summed E-state index contributed by atoms with van der Waals surface area (Å²) in [6, 6.07) is 4.66. The van der Waals surface area contributed by atoms with Crippen LogP contribution in [0.4, 0.5) is 18.0 Å². The zero-order valence-electron chi connectivity index (χ0n) is 15.5. The van der Waals surface area contributed by atoms with Crippen LogP contribution in [-0.4, -0.2) is 53.2 Å². The van der Waals surface area contributed by atoms with E-state index in [0.717, 1.165) is 12.1 Å². The molecule has 1 N–H and O–H groups in total. The Labute approximate surface area is 161 Å². The standard InChI is InChI=1S/C18H24F3N3O2S/c1-4-22-17(26)23(12(2)3)9-10-24-15(25)11-27-16(24)13-5-7-14(8-6-13)18(19,20)21/h5-8,12,16H,4,9-11H2,1-3H3,(H,22,26)/t16-/m1/s1. The van der Waals surface area contributed by atoms with Crippen molar-refractivity contribution in [2.45, 2.75) is 38.4 Å². The van der Waals surface area contributed by atoms with Gasteiger partial charge in [0.25, 0.3) is 0 Å². The maximum Gasteiger partial charge on any atom is 0.416 e. The third kappa shape index (κ3) is 5.31. The summed E-state index contributed by atoms with van der Waals surface area (Å²) in [6.07, 6.45) is -4.39. The zero-order valence-corrected chi connectivity index (χ0v) is 16.4. The lowest BCUT2D eigenvalue weighted by atomic mass is 10.1. The van der Waals surface area contributed by atoms with Crippen molar-refractivity contribution in [3.8, 4) is 0 Å². The summed E-state index contributed by atoms with van der Waals surface area (Å²) in [5, 5.41) is 2.40. The molecule has 1 saturated heterocycles. The first-order valence-corrected chi connectivity index (χ1v) is 9.82. The molecule has 3 amide bonds. The smallest absolute Gasteiger partial charge is 0.338 e. The molecule has 5 nitrogen and oxygen atoms in total. The fraction of sp³-hybridized carbons (Fsp3) is 0.556. The number of hydrogen-bond donors (Lipinski definition) is 1. The van der Waals surface area contributed by atoms with E-state index in [0.29, 0.717) is 25.2 Å². The molecule has 1 aromatic carbocycles. The summed E-state index contributed by atoms with van der Waals surface area (Å²) < 4.78 is 38.2. The second-order valence-corrected chi connectivity index (χ2v) is 7.56. The molecule has 27 heavy (non-hydrogen) atoms. The minimum absolute atomic E-state index is 0.0357. The predicted molar refractivity (Wildman–Crippen MR) is 99.3 cm³/mol. The van der Waals surface area contributed by atoms with Crippen molar-refractivity contribution in [2.24, 2.45) is 0 Å². The molecular weight excluding hydrogens is 379 g/mol. The molecule has 1 aromatic rings. The van der Waals surface area contributed by atoms with Gasteiger partial charge in [-0.2, -0.15) is 13.2 Å². The van der Waals surface area contributed by atoms with Crippen LogP contribution in [0.3, 0.4) is 0 Å². The summed E-state index contributed by atoms with van der Waals surface area (Å²) in [5.74, 6) is 0.193. The van der Waals surface area contributed by atoms with Gasteiger partial charge in [0.2, 0.25) is 5.91 Å². The quantitative estimate of drug-likeness (QED) is 0.788. The molecule has 1 heterocycles. The Morgan fingerprint density at radius 2 is 1.96 bits per heavy atom. The normalized spacial score (nSPS) is 17.5. The number of thioether (sulfide) groups is 1. The van der Waals surface area contributed by atoms with Crippen LogP contribution in [0.25, 0.3) is 0 Å². The van der Waals surface area contributed by atoms with Gasteiger partial charge in [-0.1, -0.05) is 12.1 Å². The van der Waals surface area contributed by atoms with Gasteiger partial charge in [-0.15, -0.1) is 11.8 Å². The van der Waals surface area contributed by atoms with Crippen LogP contribution < -0.4 is 5.32 Å². The van der Waals surface area contributed by atoms with Crippen LogP contribution in [0, 0.1) is 0 Å². The first kappa shape index (κ1) is 21.4. The molecule has 0 bridgehead atoms. The molecule has 0 aliphatic carbocycles. The number of carbonyl (C=O) groups is 2. The van der Waals surface area contributed by atoms with E-state index in [1.54, 1.807) is 9.80 Å². The highest BCUT2D eigenvalue weighted by atomic mass is 32.2. The van der Waals surface area contributed by atoms with E-state index in [4.69, 9.17) is 0 Å². The number of carbonyl (C=O) groups excluding carboxylic acids is 2. The fourth-order valence-electron chi connectivity index (χ4n) is 2.87. The molecule has 1 aliphatic rings. The highest BCUT2D eigenvalue weighted by Crippen LogP contribution is 2.39. The number of hydrogen-bond acceptors (Lipinski definition) is 3. The lowest BCUT2D eigenvalue weighted by Gasteiger charge is -2.31. The molecule has 9 heteroatoms. The molecule has 0 spiro atoms. The largest absolute Gasteiger partial charge is 0.416 e. The summed E-state index contributed by atoms with van der Waals surface area (Å²) in [6.45, 7) is 6.80. The molecule has 0 aromatic heterocycles. The van der Waals surface area contributed by atoms with Gasteiger partial charge in [0.05, 0.1) is 11.3 Å². The molecule has 150 valence electrons. The predicted octanol–water partition coefficient (Wildman–Crippen LogP) is 3.72. The Morgan fingerprint density at radius 3 is 2.48 bits per heavy atom. The van der Waals surface area contributed by atoms with E-state index in [2.05, 4.69) is 5.32 Å². The number of urea groups is 1. The van der Waals surface area contributed by atoms with Gasteiger partial charge >= 0.3 is 12.2 Å². The van der Waals surface area contributed by atoms with Crippen molar-refractivity contribution >= 4 is 23.7 Å². The molecule has 1 fully saturated rings. The number of nitrogens with zero attached hydrogens (tertiary/aromatic N) is 2. The number of halogens is 3. The Hall–Kier alpha value is -1.90. The van der Waals surface area contributed by atoms with Gasteiger partial charge < -0.3 is 15.1 Å². The van der Waals surface area contributed by atoms with Crippen LogP contribution in [0.2, 0.25) is 0 Å². The van der Waals surface area contributed by atoms with E-state index in [1.165, 1.54) is 23.9 Å². The molecule has 0 saturated carbocycles. The van der Waals surface area contributed by atoms with Crippen molar-refractivity contribution in [1.82, 2.24) is 15.1 Å². The average molecular weight is 403 g/mol. The van der Waals surface area contributed by atoms with E-state index in [-0.39, 0.29) is 29.1 Å². The van der Waals surface area contributed by atoms with Gasteiger partial charge in [0.1, 0.15) is 5.37 Å². The highest BCUT2D eigenvalue weighted by Gasteiger charge is 2.35. The van der Waals surface area contributed by atoms with Gasteiger partial charge in [-0.25, -0.2) is 4.79 Å². The number of amides is 3. The fourth-order valence-corrected chi connectivity index (χ4v) is 4.09. The van der Waals surface area contributed by atoms with Crippen LogP contribution in [0.1, 0.15) is 37.3 Å². The van der Waals surface area contributed by atoms with Crippen LogP contribution in [0.5, 0.6) is 0 Å². The van der Waals surface area contributed by atoms with E-state index < -0.39 is 11.7 Å². The van der Waals surface area contributed by atoms with Crippen molar-refractivity contribution < 1.29 is 22.8 Å². The third-order valence-corrected chi connectivity index (χ3v) is 5.54. The molecule has 1 atom stereocenters. The number of nitrogens with one attached hydrogen (secondary N) is 1. The molecule has 0 unspecified atom stereocenters. The van der Waals surface area contributed by atoms with E-state index >= 15 is 0 Å². The minimum Gasteiger partial charge on any atom is -0.338 e. The van der Waals surface area contributed by atoms with Gasteiger partial charge in [0.15, 0.2) is 0 Å². The van der Waals surface area contributed by atoms with Crippen LogP contribution in [0.15, 0.2) is 24.3 Å². The maximum absolute atomic E-state index is 12.7. The lowest BCUT2D eigenvalue weighted by Crippen LogP contribution is -2.47. The van der Waals surface area contributed by atoms with Crippen molar-refractivity contribution in [2.75, 3.05) is 25.4 Å². The number of benzene rings is 1. The summed E-state index contributed by atoms with van der Waals surface area (Å²) in [7, 11) is 0. The second-order valence-electron chi connectivity index (χ2n) is 6.49. The summed E-state index contributed by atoms with van der Waals surface area (Å²) >= 11 is 1.38. The van der Waals surface area contributed by atoms with E-state index in [1.807, 2.05) is 20.8 Å². The first-order chi connectivity index (χ1) is 12.6. The summed E-state index contributed by atoms with van der Waals surface area (Å²) in [4.78, 5) is 27.7. The number of rotatable bonds is 6. The molecular formula is C18H24F3N3O2S. The Bertz CT molecular complexity index is 665. The maximum atomic E-state index is 12.7. The van der Waals surface area contributed by atoms with E-state index in [9.17, 15) is 22.8 Å². The summed E-state index contributed by atoms with van der Waals surface area (Å²) in [5.41, 5.74) is -0.0673. The van der Waals surface area contributed by atoms with Crippen molar-refractivity contribution in [3.05, 3.63) is 35.4 Å². The van der Waals surface area contributed by atoms with Crippen molar-refractivity contribution in [1.29, 1.82) is 0 Å². The van der Waals surface area contributed by atoms with Crippen LogP contribution in [-0.2, 0) is 11.0 Å². The van der Waals surface area contributed by atoms with Gasteiger partial charge in [-0.3, -0.25) is 4.79 Å². The SMILES string of the molecule is CCNC(=O)N(CCN1C(=O)CS[C@@H]1c1ccc(C(F)(F)F)cc1)C(C)C. The van der Waals surface area contributed by atoms with Gasteiger partial charge in [-0.05, 0) is 38.5 Å². The Balaban J connectivity index is 2.10. The van der Waals surface area contributed by atoms with Crippen LogP contribution >= 0.6 is 11.8 Å². The topological polar surface area (TPSA) is 52.7 Å². The monoisotopic (exact) mass is 403 g/mol. The van der Waals surface area contributed by atoms with Crippen molar-refractivity contribution in [3.63, 3.8) is 0 Å². The first-order valence-electron chi connectivity index (χ1n) is 8.77. The van der Waals surface area contributed by atoms with Gasteiger partial charge in [0, 0.05) is 25.7 Å². The minimum atomic E-state index is -4.39. The molecule has 1 aliphatic heterocycles. The third-order valence-electron chi connectivity index (χ3n) is 4.29. The Kier molecular flexibility index (Phi) is 7.02. The average Bonchev–Trinajstić information content (AvgIpc) is 2.95. The molecule has 2 rings (SSSR count). The lowest BCUT2D eigenvalue weighted by molar-refractivity contribution is -0.137. The number of alkyl halides is 3.